The third-order valence-electron chi connectivity index (χ3n) is 7.34. The Morgan fingerprint density at radius 2 is 1.82 bits per heavy atom. The SMILES string of the molecule is CC(c1nc2ccc(CN)cc2[nH]1)c1nc2ccc(C(=O)NCCc3cccc4ccccc34)cc2n1C. The molecule has 6 aromatic rings. The van der Waals surface area contributed by atoms with E-state index in [4.69, 9.17) is 15.7 Å². The second-order valence-corrected chi connectivity index (χ2v) is 9.78. The average Bonchev–Trinajstić information content (AvgIpc) is 3.53. The number of carbonyl (C=O) groups excluding carboxylic acids is 1. The third kappa shape index (κ3) is 4.31. The minimum absolute atomic E-state index is 0.0564. The Hall–Kier alpha value is -4.49. The summed E-state index contributed by atoms with van der Waals surface area (Å²) >= 11 is 0. The summed E-state index contributed by atoms with van der Waals surface area (Å²) in [5.41, 5.74) is 12.3. The summed E-state index contributed by atoms with van der Waals surface area (Å²) in [5, 5.41) is 5.53. The molecule has 0 fully saturated rings. The Bertz CT molecular complexity index is 1790. The quantitative estimate of drug-likeness (QED) is 0.280. The molecular weight excluding hydrogens is 472 g/mol. The van der Waals surface area contributed by atoms with Gasteiger partial charge >= 0.3 is 0 Å². The van der Waals surface area contributed by atoms with Crippen molar-refractivity contribution >= 4 is 38.7 Å². The van der Waals surface area contributed by atoms with E-state index in [-0.39, 0.29) is 11.8 Å². The molecule has 7 heteroatoms. The maximum absolute atomic E-state index is 13.0. The van der Waals surface area contributed by atoms with Crippen LogP contribution < -0.4 is 11.1 Å². The Morgan fingerprint density at radius 1 is 1.00 bits per heavy atom. The van der Waals surface area contributed by atoms with E-state index in [1.165, 1.54) is 16.3 Å². The number of aromatic nitrogens is 4. The van der Waals surface area contributed by atoms with E-state index in [0.717, 1.165) is 45.7 Å². The highest BCUT2D eigenvalue weighted by atomic mass is 16.1. The average molecular weight is 503 g/mol. The van der Waals surface area contributed by atoms with Gasteiger partial charge in [0.1, 0.15) is 11.6 Å². The lowest BCUT2D eigenvalue weighted by atomic mass is 10.0. The summed E-state index contributed by atoms with van der Waals surface area (Å²) < 4.78 is 2.05. The van der Waals surface area contributed by atoms with Crippen LogP contribution in [0.3, 0.4) is 0 Å². The van der Waals surface area contributed by atoms with Gasteiger partial charge in [-0.25, -0.2) is 9.97 Å². The Morgan fingerprint density at radius 3 is 2.68 bits per heavy atom. The lowest BCUT2D eigenvalue weighted by Crippen LogP contribution is -2.25. The number of nitrogens with two attached hydrogens (primary N) is 1. The molecule has 1 amide bonds. The van der Waals surface area contributed by atoms with Crippen LogP contribution in [0, 0.1) is 0 Å². The molecule has 0 saturated carbocycles. The fourth-order valence-electron chi connectivity index (χ4n) is 5.19. The molecule has 190 valence electrons. The van der Waals surface area contributed by atoms with Crippen LogP contribution in [-0.2, 0) is 20.0 Å². The predicted molar refractivity (Wildman–Crippen MR) is 152 cm³/mol. The van der Waals surface area contributed by atoms with Gasteiger partial charge in [0.15, 0.2) is 0 Å². The second kappa shape index (κ2) is 9.76. The molecule has 0 aliphatic rings. The molecule has 0 radical (unpaired) electrons. The molecule has 4 aromatic carbocycles. The molecule has 7 nitrogen and oxygen atoms in total. The van der Waals surface area contributed by atoms with Gasteiger partial charge in [0, 0.05) is 25.7 Å². The van der Waals surface area contributed by atoms with Crippen molar-refractivity contribution in [3.63, 3.8) is 0 Å². The fraction of sp³-hybridized carbons (Fsp3) is 0.194. The van der Waals surface area contributed by atoms with E-state index in [1.807, 2.05) is 54.1 Å². The van der Waals surface area contributed by atoms with Crippen LogP contribution >= 0.6 is 0 Å². The smallest absolute Gasteiger partial charge is 0.251 e. The number of aryl methyl sites for hydroxylation is 1. The maximum Gasteiger partial charge on any atom is 0.251 e. The Kier molecular flexibility index (Phi) is 6.13. The molecule has 0 saturated heterocycles. The minimum atomic E-state index is -0.0871. The van der Waals surface area contributed by atoms with E-state index in [2.05, 4.69) is 53.6 Å². The van der Waals surface area contributed by atoms with Crippen molar-refractivity contribution in [2.45, 2.75) is 25.8 Å². The lowest BCUT2D eigenvalue weighted by molar-refractivity contribution is 0.0954. The zero-order valence-electron chi connectivity index (χ0n) is 21.5. The molecule has 1 unspecified atom stereocenters. The number of hydrogen-bond acceptors (Lipinski definition) is 4. The Balaban J connectivity index is 1.20. The third-order valence-corrected chi connectivity index (χ3v) is 7.34. The number of aromatic amines is 1. The monoisotopic (exact) mass is 502 g/mol. The van der Waals surface area contributed by atoms with Crippen molar-refractivity contribution in [2.24, 2.45) is 12.8 Å². The molecule has 0 spiro atoms. The van der Waals surface area contributed by atoms with Crippen molar-refractivity contribution < 1.29 is 4.79 Å². The van der Waals surface area contributed by atoms with Gasteiger partial charge in [-0.15, -0.1) is 0 Å². The predicted octanol–water partition coefficient (Wildman–Crippen LogP) is 5.19. The van der Waals surface area contributed by atoms with Crippen LogP contribution in [0.5, 0.6) is 0 Å². The van der Waals surface area contributed by atoms with E-state index in [9.17, 15) is 4.79 Å². The van der Waals surface area contributed by atoms with Crippen LogP contribution in [-0.4, -0.2) is 32.0 Å². The molecule has 2 aromatic heterocycles. The summed E-state index contributed by atoms with van der Waals surface area (Å²) in [4.78, 5) is 26.1. The molecule has 6 rings (SSSR count). The minimum Gasteiger partial charge on any atom is -0.352 e. The van der Waals surface area contributed by atoms with Crippen molar-refractivity contribution in [2.75, 3.05) is 6.54 Å². The van der Waals surface area contributed by atoms with Gasteiger partial charge in [0.05, 0.1) is 28.0 Å². The molecule has 0 bridgehead atoms. The van der Waals surface area contributed by atoms with Crippen LogP contribution in [0.2, 0.25) is 0 Å². The summed E-state index contributed by atoms with van der Waals surface area (Å²) in [7, 11) is 1.98. The van der Waals surface area contributed by atoms with Gasteiger partial charge in [-0.2, -0.15) is 0 Å². The summed E-state index contributed by atoms with van der Waals surface area (Å²) in [6, 6.07) is 26.3. The summed E-state index contributed by atoms with van der Waals surface area (Å²) in [6.45, 7) is 3.14. The zero-order chi connectivity index (χ0) is 26.2. The first-order valence-corrected chi connectivity index (χ1v) is 12.9. The number of H-pyrrole nitrogens is 1. The van der Waals surface area contributed by atoms with E-state index < -0.39 is 0 Å². The molecule has 38 heavy (non-hydrogen) atoms. The maximum atomic E-state index is 13.0. The first-order chi connectivity index (χ1) is 18.5. The van der Waals surface area contributed by atoms with Gasteiger partial charge in [-0.1, -0.05) is 48.5 Å². The fourth-order valence-corrected chi connectivity index (χ4v) is 5.19. The number of carbonyl (C=O) groups is 1. The Labute approximate surface area is 220 Å². The highest BCUT2D eigenvalue weighted by Crippen LogP contribution is 2.27. The van der Waals surface area contributed by atoms with E-state index in [0.29, 0.717) is 18.7 Å². The lowest BCUT2D eigenvalue weighted by Gasteiger charge is -2.09. The molecule has 0 aliphatic heterocycles. The summed E-state index contributed by atoms with van der Waals surface area (Å²) in [5.74, 6) is 1.58. The molecule has 2 heterocycles. The van der Waals surface area contributed by atoms with Gasteiger partial charge in [0.2, 0.25) is 0 Å². The zero-order valence-corrected chi connectivity index (χ0v) is 21.5. The first kappa shape index (κ1) is 23.9. The number of nitrogens with zero attached hydrogens (tertiary/aromatic N) is 3. The van der Waals surface area contributed by atoms with Gasteiger partial charge in [-0.05, 0) is 65.6 Å². The van der Waals surface area contributed by atoms with Gasteiger partial charge in [0.25, 0.3) is 5.91 Å². The topological polar surface area (TPSA) is 102 Å². The number of hydrogen-bond donors (Lipinski definition) is 3. The number of nitrogens with one attached hydrogen (secondary N) is 2. The van der Waals surface area contributed by atoms with Crippen LogP contribution in [0.15, 0.2) is 78.9 Å². The highest BCUT2D eigenvalue weighted by Gasteiger charge is 2.20. The number of fused-ring (bicyclic) bond motifs is 3. The van der Waals surface area contributed by atoms with E-state index >= 15 is 0 Å². The van der Waals surface area contributed by atoms with Crippen molar-refractivity contribution in [1.82, 2.24) is 24.8 Å². The first-order valence-electron chi connectivity index (χ1n) is 12.9. The largest absolute Gasteiger partial charge is 0.352 e. The van der Waals surface area contributed by atoms with Gasteiger partial charge < -0.3 is 20.6 Å². The van der Waals surface area contributed by atoms with E-state index in [1.54, 1.807) is 0 Å². The molecular formula is C31H30N6O. The number of amides is 1. The second-order valence-electron chi connectivity index (χ2n) is 9.78. The number of rotatable bonds is 7. The number of benzene rings is 4. The van der Waals surface area contributed by atoms with Crippen molar-refractivity contribution in [1.29, 1.82) is 0 Å². The standard InChI is InChI=1S/C31H30N6O/c1-19(29-34-25-12-10-20(18-32)16-27(25)35-29)30-36-26-13-11-23(17-28(26)37(30)2)31(38)33-15-14-22-8-5-7-21-6-3-4-9-24(21)22/h3-13,16-17,19H,14-15,18,32H2,1-2H3,(H,33,38)(H,34,35). The summed E-state index contributed by atoms with van der Waals surface area (Å²) in [6.07, 6.45) is 0.771. The van der Waals surface area contributed by atoms with Crippen LogP contribution in [0.1, 0.15) is 46.0 Å². The molecule has 4 N–H and O–H groups in total. The van der Waals surface area contributed by atoms with Crippen LogP contribution in [0.25, 0.3) is 32.8 Å². The molecule has 0 aliphatic carbocycles. The van der Waals surface area contributed by atoms with Crippen molar-refractivity contribution in [3.05, 3.63) is 107 Å². The van der Waals surface area contributed by atoms with Crippen LogP contribution in [0.4, 0.5) is 0 Å². The highest BCUT2D eigenvalue weighted by molar-refractivity contribution is 5.97. The van der Waals surface area contributed by atoms with Gasteiger partial charge in [-0.3, -0.25) is 4.79 Å². The molecule has 1 atom stereocenters. The van der Waals surface area contributed by atoms with Crippen molar-refractivity contribution in [3.8, 4) is 0 Å². The normalized spacial score (nSPS) is 12.4. The number of imidazole rings is 2.